The molecule has 0 saturated carbocycles. The van der Waals surface area contributed by atoms with E-state index in [1.807, 2.05) is 37.3 Å². The average molecular weight is 445 g/mol. The van der Waals surface area contributed by atoms with Gasteiger partial charge in [-0.1, -0.05) is 35.9 Å². The maximum absolute atomic E-state index is 12.4. The zero-order valence-electron chi connectivity index (χ0n) is 17.2. The van der Waals surface area contributed by atoms with E-state index in [1.54, 1.807) is 32.0 Å². The van der Waals surface area contributed by atoms with E-state index in [0.29, 0.717) is 34.4 Å². The Balaban J connectivity index is 1.75. The van der Waals surface area contributed by atoms with Gasteiger partial charge in [-0.15, -0.1) is 0 Å². The lowest BCUT2D eigenvalue weighted by molar-refractivity contribution is 0.587. The molecular weight excluding hydrogens is 420 g/mol. The van der Waals surface area contributed by atoms with E-state index in [4.69, 9.17) is 17.3 Å². The van der Waals surface area contributed by atoms with Crippen LogP contribution in [0.5, 0.6) is 0 Å². The number of nitrogens with two attached hydrogens (primary N) is 1. The Labute approximate surface area is 182 Å². The number of rotatable bonds is 7. The first-order valence-corrected chi connectivity index (χ1v) is 11.6. The summed E-state index contributed by atoms with van der Waals surface area (Å²) in [6, 6.07) is 14.5. The summed E-state index contributed by atoms with van der Waals surface area (Å²) < 4.78 is 24.8. The van der Waals surface area contributed by atoms with E-state index in [1.165, 1.54) is 0 Å². The molecule has 1 aromatic heterocycles. The zero-order valence-corrected chi connectivity index (χ0v) is 18.8. The van der Waals surface area contributed by atoms with Crippen LogP contribution >= 0.6 is 11.6 Å². The van der Waals surface area contributed by atoms with Crippen LogP contribution in [0.15, 0.2) is 53.4 Å². The van der Waals surface area contributed by atoms with Crippen molar-refractivity contribution in [3.8, 4) is 11.3 Å². The number of sulfone groups is 1. The number of hydrogen-bond acceptors (Lipinski definition) is 6. The molecule has 3 aromatic rings. The van der Waals surface area contributed by atoms with Gasteiger partial charge in [-0.3, -0.25) is 0 Å². The summed E-state index contributed by atoms with van der Waals surface area (Å²) in [7, 11) is -3.29. The average Bonchev–Trinajstić information content (AvgIpc) is 2.70. The molecule has 8 heteroatoms. The first-order chi connectivity index (χ1) is 14.2. The van der Waals surface area contributed by atoms with Gasteiger partial charge in [0.1, 0.15) is 5.82 Å². The van der Waals surface area contributed by atoms with Crippen LogP contribution in [-0.2, 0) is 16.3 Å². The molecule has 0 aliphatic rings. The molecular formula is C22H25ClN4O2S. The van der Waals surface area contributed by atoms with Gasteiger partial charge in [-0.2, -0.15) is 4.98 Å². The molecule has 2 aromatic carbocycles. The second kappa shape index (κ2) is 9.02. The molecule has 6 nitrogen and oxygen atoms in total. The summed E-state index contributed by atoms with van der Waals surface area (Å²) in [5, 5.41) is 3.45. The highest BCUT2D eigenvalue weighted by Gasteiger charge is 2.19. The maximum atomic E-state index is 12.4. The number of hydrogen-bond donors (Lipinski definition) is 2. The van der Waals surface area contributed by atoms with Crippen molar-refractivity contribution in [2.24, 2.45) is 0 Å². The molecule has 0 bridgehead atoms. The van der Waals surface area contributed by atoms with Crippen LogP contribution in [0.25, 0.3) is 11.3 Å². The van der Waals surface area contributed by atoms with Gasteiger partial charge in [0.2, 0.25) is 5.95 Å². The van der Waals surface area contributed by atoms with Crippen LogP contribution < -0.4 is 11.1 Å². The SMILES string of the molecule is Cc1c(Cl)cccc1-c1cc(NCCc2cccc(S(=O)(=O)C(C)C)c2)nc(N)n1. The number of nitrogen functional groups attached to an aromatic ring is 1. The second-order valence-corrected chi connectivity index (χ2v) is 10.2. The molecule has 0 spiro atoms. The highest BCUT2D eigenvalue weighted by Crippen LogP contribution is 2.28. The van der Waals surface area contributed by atoms with Crippen LogP contribution in [0.1, 0.15) is 25.0 Å². The molecule has 1 heterocycles. The quantitative estimate of drug-likeness (QED) is 0.555. The summed E-state index contributed by atoms with van der Waals surface area (Å²) in [5.41, 5.74) is 9.34. The van der Waals surface area contributed by atoms with Crippen molar-refractivity contribution in [1.29, 1.82) is 0 Å². The predicted molar refractivity (Wildman–Crippen MR) is 123 cm³/mol. The molecule has 3 N–H and O–H groups in total. The monoisotopic (exact) mass is 444 g/mol. The molecule has 0 atom stereocenters. The van der Waals surface area contributed by atoms with Gasteiger partial charge in [-0.05, 0) is 56.5 Å². The molecule has 30 heavy (non-hydrogen) atoms. The largest absolute Gasteiger partial charge is 0.370 e. The van der Waals surface area contributed by atoms with Crippen molar-refractivity contribution in [3.63, 3.8) is 0 Å². The number of nitrogens with one attached hydrogen (secondary N) is 1. The van der Waals surface area contributed by atoms with Gasteiger partial charge >= 0.3 is 0 Å². The van der Waals surface area contributed by atoms with E-state index in [2.05, 4.69) is 15.3 Å². The highest BCUT2D eigenvalue weighted by molar-refractivity contribution is 7.92. The van der Waals surface area contributed by atoms with Crippen LogP contribution in [0.2, 0.25) is 5.02 Å². The van der Waals surface area contributed by atoms with Crippen molar-refractivity contribution < 1.29 is 8.42 Å². The minimum atomic E-state index is -3.29. The highest BCUT2D eigenvalue weighted by atomic mass is 35.5. The summed E-state index contributed by atoms with van der Waals surface area (Å²) in [4.78, 5) is 8.93. The third-order valence-electron chi connectivity index (χ3n) is 4.85. The molecule has 158 valence electrons. The van der Waals surface area contributed by atoms with E-state index >= 15 is 0 Å². The van der Waals surface area contributed by atoms with Crippen LogP contribution in [0.3, 0.4) is 0 Å². The van der Waals surface area contributed by atoms with Gasteiger partial charge in [0.15, 0.2) is 9.84 Å². The molecule has 0 fully saturated rings. The number of anilines is 2. The molecule has 0 amide bonds. The number of benzene rings is 2. The fraction of sp³-hybridized carbons (Fsp3) is 0.273. The Morgan fingerprint density at radius 2 is 1.83 bits per heavy atom. The Hall–Kier alpha value is -2.64. The van der Waals surface area contributed by atoms with Crippen LogP contribution in [0.4, 0.5) is 11.8 Å². The van der Waals surface area contributed by atoms with E-state index in [9.17, 15) is 8.42 Å². The smallest absolute Gasteiger partial charge is 0.222 e. The van der Waals surface area contributed by atoms with Gasteiger partial charge in [0.25, 0.3) is 0 Å². The van der Waals surface area contributed by atoms with Gasteiger partial charge < -0.3 is 11.1 Å². The lowest BCUT2D eigenvalue weighted by atomic mass is 10.1. The topological polar surface area (TPSA) is 98.0 Å². The van der Waals surface area contributed by atoms with E-state index in [0.717, 1.165) is 16.7 Å². The summed E-state index contributed by atoms with van der Waals surface area (Å²) in [6.07, 6.45) is 0.636. The molecule has 0 saturated heterocycles. The van der Waals surface area contributed by atoms with Crippen molar-refractivity contribution >= 4 is 33.2 Å². The van der Waals surface area contributed by atoms with E-state index in [-0.39, 0.29) is 5.95 Å². The number of aromatic nitrogens is 2. The van der Waals surface area contributed by atoms with Crippen LogP contribution in [-0.4, -0.2) is 30.2 Å². The van der Waals surface area contributed by atoms with Gasteiger partial charge in [-0.25, -0.2) is 13.4 Å². The van der Waals surface area contributed by atoms with Crippen molar-refractivity contribution in [1.82, 2.24) is 9.97 Å². The fourth-order valence-electron chi connectivity index (χ4n) is 3.06. The van der Waals surface area contributed by atoms with Crippen molar-refractivity contribution in [2.75, 3.05) is 17.6 Å². The standard InChI is InChI=1S/C22H25ClN4O2S/c1-14(2)30(28,29)17-7-4-6-16(12-17)10-11-25-21-13-20(26-22(24)27-21)18-8-5-9-19(23)15(18)3/h4-9,12-14H,10-11H2,1-3H3,(H3,24,25,26,27). The number of nitrogens with zero attached hydrogens (tertiary/aromatic N) is 2. The Kier molecular flexibility index (Phi) is 6.63. The lowest BCUT2D eigenvalue weighted by Crippen LogP contribution is -2.14. The molecule has 0 aliphatic heterocycles. The molecule has 0 aliphatic carbocycles. The minimum Gasteiger partial charge on any atom is -0.370 e. The predicted octanol–water partition coefficient (Wildman–Crippen LogP) is 4.52. The lowest BCUT2D eigenvalue weighted by Gasteiger charge is -2.12. The first kappa shape index (κ1) is 22.1. The second-order valence-electron chi connectivity index (χ2n) is 7.33. The molecule has 0 unspecified atom stereocenters. The Bertz CT molecular complexity index is 1160. The Morgan fingerprint density at radius 3 is 2.57 bits per heavy atom. The third kappa shape index (κ3) is 4.91. The van der Waals surface area contributed by atoms with Crippen molar-refractivity contribution in [2.45, 2.75) is 37.3 Å². The van der Waals surface area contributed by atoms with Crippen LogP contribution in [0, 0.1) is 6.92 Å². The first-order valence-electron chi connectivity index (χ1n) is 9.65. The molecule has 3 rings (SSSR count). The number of halogens is 1. The van der Waals surface area contributed by atoms with E-state index < -0.39 is 15.1 Å². The van der Waals surface area contributed by atoms with Crippen molar-refractivity contribution in [3.05, 3.63) is 64.7 Å². The summed E-state index contributed by atoms with van der Waals surface area (Å²) in [6.45, 7) is 5.86. The summed E-state index contributed by atoms with van der Waals surface area (Å²) in [5.74, 6) is 0.766. The maximum Gasteiger partial charge on any atom is 0.222 e. The molecule has 0 radical (unpaired) electrons. The third-order valence-corrected chi connectivity index (χ3v) is 7.42. The fourth-order valence-corrected chi connectivity index (χ4v) is 4.37. The van der Waals surface area contributed by atoms with Gasteiger partial charge in [0, 0.05) is 23.2 Å². The zero-order chi connectivity index (χ0) is 21.9. The minimum absolute atomic E-state index is 0.166. The Morgan fingerprint density at radius 1 is 1.10 bits per heavy atom. The van der Waals surface area contributed by atoms with Gasteiger partial charge in [0.05, 0.1) is 15.8 Å². The normalized spacial score (nSPS) is 11.6. The summed E-state index contributed by atoms with van der Waals surface area (Å²) >= 11 is 6.23.